The average Bonchev–Trinajstić information content (AvgIpc) is 3.21. The van der Waals surface area contributed by atoms with Gasteiger partial charge in [-0.25, -0.2) is 9.59 Å². The van der Waals surface area contributed by atoms with Crippen LogP contribution in [-0.2, 0) is 20.7 Å². The predicted octanol–water partition coefficient (Wildman–Crippen LogP) is 5.86. The van der Waals surface area contributed by atoms with Crippen molar-refractivity contribution in [2.45, 2.75) is 83.6 Å². The third-order valence-corrected chi connectivity index (χ3v) is 9.39. The number of hydrogen-bond donors (Lipinski definition) is 3. The van der Waals surface area contributed by atoms with Crippen LogP contribution in [0.25, 0.3) is 0 Å². The van der Waals surface area contributed by atoms with Crippen molar-refractivity contribution in [1.82, 2.24) is 4.90 Å². The van der Waals surface area contributed by atoms with Crippen LogP contribution in [0.15, 0.2) is 46.5 Å². The second-order valence-corrected chi connectivity index (χ2v) is 12.4. The van der Waals surface area contributed by atoms with Gasteiger partial charge in [0.2, 0.25) is 5.91 Å². The topological polar surface area (TPSA) is 134 Å². The summed E-state index contributed by atoms with van der Waals surface area (Å²) < 4.78 is 11.1. The minimum absolute atomic E-state index is 0.0401. The Kier molecular flexibility index (Phi) is 9.54. The number of benzene rings is 1. The summed E-state index contributed by atoms with van der Waals surface area (Å²) in [6.45, 7) is 11.3. The molecule has 1 aromatic rings. The molecular weight excluding hydrogens is 546 g/mol. The molecule has 2 aliphatic heterocycles. The highest BCUT2D eigenvalue weighted by Gasteiger charge is 2.57. The first-order valence-electron chi connectivity index (χ1n) is 14.1. The molecule has 5 atom stereocenters. The molecular formula is C31H39NO8S. The first kappa shape index (κ1) is 30.7. The van der Waals surface area contributed by atoms with E-state index in [4.69, 9.17) is 9.47 Å². The molecule has 0 unspecified atom stereocenters. The lowest BCUT2D eigenvalue weighted by molar-refractivity contribution is -0.156. The van der Waals surface area contributed by atoms with E-state index in [0.717, 1.165) is 59.9 Å². The van der Waals surface area contributed by atoms with Gasteiger partial charge >= 0.3 is 12.1 Å². The van der Waals surface area contributed by atoms with E-state index in [1.54, 1.807) is 12.1 Å². The first-order valence-corrected chi connectivity index (χ1v) is 15.0. The molecule has 2 heterocycles. The van der Waals surface area contributed by atoms with Crippen molar-refractivity contribution in [3.63, 3.8) is 0 Å². The number of aliphatic hydroxyl groups is 1. The summed E-state index contributed by atoms with van der Waals surface area (Å²) in [5.41, 5.74) is 3.22. The zero-order chi connectivity index (χ0) is 30.0. The number of aromatic hydroxyl groups is 1. The molecule has 1 fully saturated rings. The Morgan fingerprint density at radius 1 is 1.27 bits per heavy atom. The number of carbonyl (C=O) groups excluding carboxylic acids is 2. The summed E-state index contributed by atoms with van der Waals surface area (Å²) in [5, 5.41) is 30.3. The van der Waals surface area contributed by atoms with Gasteiger partial charge in [-0.2, -0.15) is 0 Å². The molecule has 0 aromatic heterocycles. The van der Waals surface area contributed by atoms with Crippen molar-refractivity contribution in [2.24, 2.45) is 11.8 Å². The molecule has 1 aliphatic carbocycles. The Hall–Kier alpha value is -3.24. The molecule has 0 bridgehead atoms. The van der Waals surface area contributed by atoms with Crippen molar-refractivity contribution in [2.75, 3.05) is 6.61 Å². The molecule has 4 rings (SSSR count). The number of carboxylic acids is 1. The van der Waals surface area contributed by atoms with E-state index in [1.807, 2.05) is 13.8 Å². The molecule has 222 valence electrons. The van der Waals surface area contributed by atoms with Crippen molar-refractivity contribution < 1.29 is 39.2 Å². The van der Waals surface area contributed by atoms with Gasteiger partial charge in [0.05, 0.1) is 16.9 Å². The summed E-state index contributed by atoms with van der Waals surface area (Å²) >= 11 is 1.08. The number of aliphatic hydroxyl groups excluding tert-OH is 1. The molecule has 9 nitrogen and oxygen atoms in total. The molecule has 3 aliphatic rings. The highest BCUT2D eigenvalue weighted by atomic mass is 32.2. The lowest BCUT2D eigenvalue weighted by Gasteiger charge is -2.43. The molecule has 1 saturated heterocycles. The van der Waals surface area contributed by atoms with Crippen LogP contribution in [0.4, 0.5) is 4.79 Å². The second kappa shape index (κ2) is 12.7. The van der Waals surface area contributed by atoms with E-state index >= 15 is 0 Å². The SMILES string of the molecule is C=C(C)[C@@H]1CCC(C)=C[C@H]1c1c(O)cc(CCCCC)cc1OC(=O)OCC1=C(C(=O)O)N2C(=O)[C@H]([C@@H](C)O)[C@H]2S1. The van der Waals surface area contributed by atoms with Crippen LogP contribution in [-0.4, -0.2) is 56.3 Å². The summed E-state index contributed by atoms with van der Waals surface area (Å²) in [6, 6.07) is 3.50. The lowest BCUT2D eigenvalue weighted by Crippen LogP contribution is -2.60. The number of β-lactam (4-membered cyclic amide) rings is 1. The number of aryl methyl sites for hydroxylation is 1. The fourth-order valence-electron chi connectivity index (χ4n) is 5.92. The fourth-order valence-corrected chi connectivity index (χ4v) is 7.44. The number of phenolic OH excluding ortho intramolecular Hbond substituents is 1. The zero-order valence-electron chi connectivity index (χ0n) is 24.0. The highest BCUT2D eigenvalue weighted by Crippen LogP contribution is 2.50. The predicted molar refractivity (Wildman–Crippen MR) is 155 cm³/mol. The van der Waals surface area contributed by atoms with E-state index in [9.17, 15) is 29.7 Å². The normalized spacial score (nSPS) is 24.4. The number of ether oxygens (including phenoxy) is 2. The van der Waals surface area contributed by atoms with E-state index < -0.39 is 42.0 Å². The number of unbranched alkanes of at least 4 members (excludes halogenated alkanes) is 2. The van der Waals surface area contributed by atoms with Gasteiger partial charge in [0, 0.05) is 11.5 Å². The van der Waals surface area contributed by atoms with Crippen molar-refractivity contribution >= 4 is 29.8 Å². The van der Waals surface area contributed by atoms with Crippen LogP contribution in [0, 0.1) is 11.8 Å². The zero-order valence-corrected chi connectivity index (χ0v) is 24.8. The largest absolute Gasteiger partial charge is 0.514 e. The van der Waals surface area contributed by atoms with Crippen LogP contribution >= 0.6 is 11.8 Å². The number of thioether (sulfide) groups is 1. The number of fused-ring (bicyclic) bond motifs is 1. The number of hydrogen-bond acceptors (Lipinski definition) is 8. The van der Waals surface area contributed by atoms with Gasteiger partial charge in [0.15, 0.2) is 0 Å². The van der Waals surface area contributed by atoms with Crippen LogP contribution in [0.3, 0.4) is 0 Å². The molecule has 1 aromatic carbocycles. The molecule has 1 amide bonds. The Balaban J connectivity index is 1.58. The number of phenols is 1. The maximum atomic E-state index is 13.0. The van der Waals surface area contributed by atoms with Gasteiger partial charge in [-0.1, -0.05) is 55.3 Å². The van der Waals surface area contributed by atoms with Crippen LogP contribution in [0.1, 0.15) is 76.8 Å². The lowest BCUT2D eigenvalue weighted by atomic mass is 9.73. The quantitative estimate of drug-likeness (QED) is 0.0959. The van der Waals surface area contributed by atoms with Gasteiger partial charge in [-0.15, -0.1) is 0 Å². The minimum atomic E-state index is -1.32. The highest BCUT2D eigenvalue weighted by molar-refractivity contribution is 8.04. The van der Waals surface area contributed by atoms with E-state index in [-0.39, 0.29) is 33.9 Å². The first-order chi connectivity index (χ1) is 19.4. The maximum Gasteiger partial charge on any atom is 0.514 e. The Morgan fingerprint density at radius 3 is 2.63 bits per heavy atom. The Labute approximate surface area is 244 Å². The summed E-state index contributed by atoms with van der Waals surface area (Å²) in [7, 11) is 0. The molecule has 0 saturated carbocycles. The van der Waals surface area contributed by atoms with E-state index in [1.165, 1.54) is 12.5 Å². The fraction of sp³-hybridized carbons (Fsp3) is 0.516. The summed E-state index contributed by atoms with van der Waals surface area (Å²) in [4.78, 5) is 38.7. The second-order valence-electron chi connectivity index (χ2n) is 11.2. The number of rotatable bonds is 11. The number of allylic oxidation sites excluding steroid dienone is 3. The molecule has 10 heteroatoms. The Morgan fingerprint density at radius 2 is 2.00 bits per heavy atom. The van der Waals surface area contributed by atoms with Gasteiger partial charge in [-0.3, -0.25) is 9.69 Å². The van der Waals surface area contributed by atoms with Gasteiger partial charge in [-0.05, 0) is 70.1 Å². The Bertz CT molecular complexity index is 1300. The molecule has 0 radical (unpaired) electrons. The monoisotopic (exact) mass is 585 g/mol. The van der Waals surface area contributed by atoms with Crippen LogP contribution < -0.4 is 4.74 Å². The van der Waals surface area contributed by atoms with Gasteiger partial charge in [0.25, 0.3) is 0 Å². The van der Waals surface area contributed by atoms with Gasteiger partial charge < -0.3 is 24.8 Å². The van der Waals surface area contributed by atoms with E-state index in [0.29, 0.717) is 12.0 Å². The number of aliphatic carboxylic acids is 1. The smallest absolute Gasteiger partial charge is 0.507 e. The number of carbonyl (C=O) groups is 3. The average molecular weight is 586 g/mol. The van der Waals surface area contributed by atoms with Crippen LogP contribution in [0.2, 0.25) is 0 Å². The summed E-state index contributed by atoms with van der Waals surface area (Å²) in [5.74, 6) is -2.48. The third kappa shape index (κ3) is 6.33. The molecule has 0 spiro atoms. The standard InChI is InChI=1S/C31H39NO8S/c1-6-7-8-9-19-13-22(34)26(21-12-17(4)10-11-20(21)16(2)3)23(14-19)40-31(38)39-15-24-27(30(36)37)32-28(35)25(18(5)33)29(32)41-24/h12-14,18,20-21,25,29,33-34H,2,6-11,15H2,1,3-5H3,(H,36,37)/t18-,20+,21-,25+,29-/m1/s1. The van der Waals surface area contributed by atoms with Gasteiger partial charge in [0.1, 0.15) is 29.2 Å². The van der Waals surface area contributed by atoms with Crippen molar-refractivity contribution in [3.8, 4) is 11.5 Å². The van der Waals surface area contributed by atoms with Crippen molar-refractivity contribution in [1.29, 1.82) is 0 Å². The molecule has 3 N–H and O–H groups in total. The number of carboxylic acid groups (broad SMARTS) is 1. The maximum absolute atomic E-state index is 13.0. The van der Waals surface area contributed by atoms with E-state index in [2.05, 4.69) is 19.6 Å². The molecule has 41 heavy (non-hydrogen) atoms. The summed E-state index contributed by atoms with van der Waals surface area (Å²) in [6.07, 6.45) is 5.57. The van der Waals surface area contributed by atoms with Crippen molar-refractivity contribution in [3.05, 3.63) is 57.7 Å². The minimum Gasteiger partial charge on any atom is -0.507 e. The number of nitrogens with zero attached hydrogens (tertiary/aromatic N) is 1. The number of amides is 1. The van der Waals surface area contributed by atoms with Crippen LogP contribution in [0.5, 0.6) is 11.5 Å². The third-order valence-electron chi connectivity index (χ3n) is 8.05.